The van der Waals surface area contributed by atoms with Gasteiger partial charge < -0.3 is 4.79 Å². The van der Waals surface area contributed by atoms with E-state index in [2.05, 4.69) is 0 Å². The molecule has 0 radical (unpaired) electrons. The van der Waals surface area contributed by atoms with Gasteiger partial charge in [-0.15, -0.1) is 0 Å². The maximum Gasteiger partial charge on any atom is 0.182 e. The fourth-order valence-electron chi connectivity index (χ4n) is 1.79. The third-order valence-electron chi connectivity index (χ3n) is 2.76. The Kier molecular flexibility index (Phi) is 5.53. The smallest absolute Gasteiger partial charge is 0.182 e. The Labute approximate surface area is 102 Å². The Bertz CT molecular complexity index is 375. The van der Waals surface area contributed by atoms with Crippen LogP contribution in [0.25, 0.3) is 0 Å². The van der Waals surface area contributed by atoms with Gasteiger partial charge in [-0.1, -0.05) is 12.8 Å². The van der Waals surface area contributed by atoms with Crippen molar-refractivity contribution in [3.05, 3.63) is 23.8 Å². The Morgan fingerprint density at radius 2 is 1.76 bits per heavy atom. The number of Topliss-reactive ketones (excluding diaryl/α,β-unsaturated/α-hetero) is 1. The Morgan fingerprint density at radius 3 is 2.47 bits per heavy atom. The van der Waals surface area contributed by atoms with Crippen molar-refractivity contribution in [1.82, 2.24) is 0 Å². The van der Waals surface area contributed by atoms with Crippen molar-refractivity contribution in [3.63, 3.8) is 0 Å². The second-order valence-corrected chi connectivity index (χ2v) is 4.39. The maximum atomic E-state index is 11.4. The van der Waals surface area contributed by atoms with Gasteiger partial charge in [0, 0.05) is 12.0 Å². The molecule has 0 aromatic rings. The molecule has 0 amide bonds. The first-order chi connectivity index (χ1) is 8.09. The van der Waals surface area contributed by atoms with E-state index in [1.54, 1.807) is 6.92 Å². The van der Waals surface area contributed by atoms with Crippen molar-refractivity contribution >= 4 is 17.3 Å². The van der Waals surface area contributed by atoms with Gasteiger partial charge in [0.05, 0.1) is 0 Å². The molecule has 1 aliphatic rings. The SMILES string of the molecule is CC(=O)CCCCCCC1=CC(=O)C=CC1=O. The van der Waals surface area contributed by atoms with Gasteiger partial charge >= 0.3 is 0 Å². The summed E-state index contributed by atoms with van der Waals surface area (Å²) in [6, 6.07) is 0. The van der Waals surface area contributed by atoms with Crippen LogP contribution in [0.15, 0.2) is 23.8 Å². The highest BCUT2D eigenvalue weighted by Gasteiger charge is 2.12. The molecule has 0 fully saturated rings. The normalized spacial score (nSPS) is 15.0. The van der Waals surface area contributed by atoms with Gasteiger partial charge in [0.1, 0.15) is 5.78 Å². The van der Waals surface area contributed by atoms with Crippen LogP contribution in [0.1, 0.15) is 45.4 Å². The Hall–Kier alpha value is -1.51. The zero-order chi connectivity index (χ0) is 12.7. The standard InChI is InChI=1S/C14H18O3/c1-11(15)6-4-2-3-5-7-12-10-13(16)8-9-14(12)17/h8-10H,2-7H2,1H3. The molecule has 0 N–H and O–H groups in total. The number of carbonyl (C=O) groups is 3. The van der Waals surface area contributed by atoms with Crippen LogP contribution in [0.4, 0.5) is 0 Å². The molecule has 0 spiro atoms. The van der Waals surface area contributed by atoms with E-state index in [-0.39, 0.29) is 17.3 Å². The van der Waals surface area contributed by atoms with Crippen LogP contribution in [0.3, 0.4) is 0 Å². The van der Waals surface area contributed by atoms with E-state index in [9.17, 15) is 14.4 Å². The van der Waals surface area contributed by atoms with Crippen molar-refractivity contribution in [2.75, 3.05) is 0 Å². The summed E-state index contributed by atoms with van der Waals surface area (Å²) in [6.07, 6.45) is 9.19. The summed E-state index contributed by atoms with van der Waals surface area (Å²) in [5.74, 6) is 0.0791. The van der Waals surface area contributed by atoms with Gasteiger partial charge in [-0.05, 0) is 44.4 Å². The van der Waals surface area contributed by atoms with E-state index < -0.39 is 0 Å². The Morgan fingerprint density at radius 1 is 1.06 bits per heavy atom. The lowest BCUT2D eigenvalue weighted by atomic mass is 9.97. The second kappa shape index (κ2) is 6.94. The molecule has 0 aliphatic heterocycles. The predicted octanol–water partition coefficient (Wildman–Crippen LogP) is 2.55. The van der Waals surface area contributed by atoms with Crippen molar-refractivity contribution in [3.8, 4) is 0 Å². The summed E-state index contributed by atoms with van der Waals surface area (Å²) < 4.78 is 0. The summed E-state index contributed by atoms with van der Waals surface area (Å²) in [5, 5.41) is 0. The first kappa shape index (κ1) is 13.6. The maximum absolute atomic E-state index is 11.4. The van der Waals surface area contributed by atoms with E-state index in [0.717, 1.165) is 25.7 Å². The molecule has 0 bridgehead atoms. The second-order valence-electron chi connectivity index (χ2n) is 4.39. The monoisotopic (exact) mass is 234 g/mol. The lowest BCUT2D eigenvalue weighted by molar-refractivity contribution is -0.117. The molecule has 0 unspecified atom stereocenters. The predicted molar refractivity (Wildman–Crippen MR) is 65.6 cm³/mol. The molecule has 1 aliphatic carbocycles. The molecule has 0 saturated heterocycles. The average molecular weight is 234 g/mol. The third-order valence-corrected chi connectivity index (χ3v) is 2.76. The van der Waals surface area contributed by atoms with Gasteiger partial charge in [0.2, 0.25) is 0 Å². The van der Waals surface area contributed by atoms with Crippen LogP contribution < -0.4 is 0 Å². The molecule has 17 heavy (non-hydrogen) atoms. The fourth-order valence-corrected chi connectivity index (χ4v) is 1.79. The number of hydrogen-bond acceptors (Lipinski definition) is 3. The molecule has 0 atom stereocenters. The minimum atomic E-state index is -0.101. The summed E-state index contributed by atoms with van der Waals surface area (Å²) in [5.41, 5.74) is 0.615. The quantitative estimate of drug-likeness (QED) is 0.502. The molecular formula is C14H18O3. The molecular weight excluding hydrogens is 216 g/mol. The van der Waals surface area contributed by atoms with E-state index >= 15 is 0 Å². The van der Waals surface area contributed by atoms with Crippen LogP contribution in [0.5, 0.6) is 0 Å². The summed E-state index contributed by atoms with van der Waals surface area (Å²) in [6.45, 7) is 1.60. The molecule has 3 nitrogen and oxygen atoms in total. The summed E-state index contributed by atoms with van der Waals surface area (Å²) in [4.78, 5) is 33.2. The molecule has 0 aromatic carbocycles. The first-order valence-corrected chi connectivity index (χ1v) is 6.06. The van der Waals surface area contributed by atoms with Gasteiger partial charge in [-0.25, -0.2) is 0 Å². The number of ketones is 3. The fraction of sp³-hybridized carbons (Fsp3) is 0.500. The highest BCUT2D eigenvalue weighted by molar-refractivity contribution is 6.17. The molecule has 0 saturated carbocycles. The van der Waals surface area contributed by atoms with E-state index in [1.807, 2.05) is 0 Å². The largest absolute Gasteiger partial charge is 0.300 e. The lowest BCUT2D eigenvalue weighted by Gasteiger charge is -2.06. The van der Waals surface area contributed by atoms with E-state index in [4.69, 9.17) is 0 Å². The number of hydrogen-bond donors (Lipinski definition) is 0. The topological polar surface area (TPSA) is 51.2 Å². The molecule has 0 heterocycles. The van der Waals surface area contributed by atoms with E-state index in [1.165, 1.54) is 18.2 Å². The minimum Gasteiger partial charge on any atom is -0.300 e. The van der Waals surface area contributed by atoms with Crippen molar-refractivity contribution in [1.29, 1.82) is 0 Å². The zero-order valence-electron chi connectivity index (χ0n) is 10.2. The van der Waals surface area contributed by atoms with Crippen molar-refractivity contribution in [2.24, 2.45) is 0 Å². The molecule has 92 valence electrons. The van der Waals surface area contributed by atoms with Crippen LogP contribution >= 0.6 is 0 Å². The van der Waals surface area contributed by atoms with Gasteiger partial charge in [-0.2, -0.15) is 0 Å². The van der Waals surface area contributed by atoms with Gasteiger partial charge in [0.15, 0.2) is 11.6 Å². The molecule has 1 rings (SSSR count). The van der Waals surface area contributed by atoms with Gasteiger partial charge in [0.25, 0.3) is 0 Å². The lowest BCUT2D eigenvalue weighted by Crippen LogP contribution is -2.07. The van der Waals surface area contributed by atoms with E-state index in [0.29, 0.717) is 18.4 Å². The first-order valence-electron chi connectivity index (χ1n) is 6.06. The van der Waals surface area contributed by atoms with Crippen LogP contribution in [-0.4, -0.2) is 17.3 Å². The van der Waals surface area contributed by atoms with Crippen LogP contribution in [0, 0.1) is 0 Å². The number of carbonyl (C=O) groups excluding carboxylic acids is 3. The molecule has 3 heteroatoms. The highest BCUT2D eigenvalue weighted by atomic mass is 16.1. The van der Waals surface area contributed by atoms with Crippen molar-refractivity contribution in [2.45, 2.75) is 45.4 Å². The zero-order valence-corrected chi connectivity index (χ0v) is 10.2. The average Bonchev–Trinajstić information content (AvgIpc) is 2.27. The summed E-state index contributed by atoms with van der Waals surface area (Å²) in [7, 11) is 0. The molecule has 0 aromatic heterocycles. The number of unbranched alkanes of at least 4 members (excludes halogenated alkanes) is 3. The van der Waals surface area contributed by atoms with Crippen LogP contribution in [-0.2, 0) is 14.4 Å². The van der Waals surface area contributed by atoms with Crippen LogP contribution in [0.2, 0.25) is 0 Å². The number of allylic oxidation sites excluding steroid dienone is 4. The number of rotatable bonds is 7. The third kappa shape index (κ3) is 5.38. The van der Waals surface area contributed by atoms with Crippen molar-refractivity contribution < 1.29 is 14.4 Å². The van der Waals surface area contributed by atoms with Gasteiger partial charge in [-0.3, -0.25) is 9.59 Å². The summed E-state index contributed by atoms with van der Waals surface area (Å²) >= 11 is 0. The Balaban J connectivity index is 2.16. The highest BCUT2D eigenvalue weighted by Crippen LogP contribution is 2.15. The minimum absolute atomic E-state index is 0.0478.